The molecule has 0 fully saturated rings. The fourth-order valence-electron chi connectivity index (χ4n) is 2.12. The predicted octanol–water partition coefficient (Wildman–Crippen LogP) is 3.48. The minimum Gasteiger partial charge on any atom is -0.493 e. The second-order valence-electron chi connectivity index (χ2n) is 5.81. The van der Waals surface area contributed by atoms with Crippen LogP contribution in [0.15, 0.2) is 53.6 Å². The topological polar surface area (TPSA) is 78.4 Å². The summed E-state index contributed by atoms with van der Waals surface area (Å²) in [5.41, 5.74) is 2.97. The zero-order valence-electron chi connectivity index (χ0n) is 15.7. The van der Waals surface area contributed by atoms with E-state index < -0.39 is 6.09 Å². The van der Waals surface area contributed by atoms with E-state index in [1.54, 1.807) is 19.2 Å². The normalized spacial score (nSPS) is 11.7. The summed E-state index contributed by atoms with van der Waals surface area (Å²) in [6.07, 6.45) is 0.851. The van der Waals surface area contributed by atoms with Crippen LogP contribution in [-0.4, -0.2) is 39.7 Å². The molecular weight excluding hydrogens is 348 g/mol. The van der Waals surface area contributed by atoms with Gasteiger partial charge in [0, 0.05) is 5.92 Å². The van der Waals surface area contributed by atoms with E-state index in [2.05, 4.69) is 22.2 Å². The number of ether oxygens (including phenoxy) is 4. The van der Waals surface area contributed by atoms with Crippen molar-refractivity contribution in [1.82, 2.24) is 5.43 Å². The largest absolute Gasteiger partial charge is 0.493 e. The number of nitrogens with zero attached hydrogens (tertiary/aromatic N) is 1. The van der Waals surface area contributed by atoms with Crippen LogP contribution in [-0.2, 0) is 4.74 Å². The van der Waals surface area contributed by atoms with Gasteiger partial charge in [-0.25, -0.2) is 10.2 Å². The quantitative estimate of drug-likeness (QED) is 0.539. The molecule has 144 valence electrons. The first kappa shape index (κ1) is 20.1. The lowest BCUT2D eigenvalue weighted by Crippen LogP contribution is -2.17. The van der Waals surface area contributed by atoms with Crippen LogP contribution in [0.25, 0.3) is 0 Å². The number of carbonyl (C=O) groups excluding carboxylic acids is 1. The van der Waals surface area contributed by atoms with Crippen molar-refractivity contribution in [2.75, 3.05) is 27.4 Å². The number of nitrogens with one attached hydrogen (secondary N) is 1. The van der Waals surface area contributed by atoms with E-state index in [0.717, 1.165) is 11.3 Å². The van der Waals surface area contributed by atoms with Gasteiger partial charge in [0.05, 0.1) is 33.6 Å². The van der Waals surface area contributed by atoms with Crippen LogP contribution in [0.4, 0.5) is 4.79 Å². The van der Waals surface area contributed by atoms with Crippen molar-refractivity contribution < 1.29 is 23.7 Å². The van der Waals surface area contributed by atoms with Crippen LogP contribution in [0.5, 0.6) is 17.2 Å². The smallest absolute Gasteiger partial charge is 0.427 e. The summed E-state index contributed by atoms with van der Waals surface area (Å²) in [5.74, 6) is 2.24. The lowest BCUT2D eigenvalue weighted by Gasteiger charge is -2.16. The van der Waals surface area contributed by atoms with E-state index in [-0.39, 0.29) is 5.92 Å². The Bertz CT molecular complexity index is 749. The molecule has 0 radical (unpaired) electrons. The zero-order valence-corrected chi connectivity index (χ0v) is 15.7. The monoisotopic (exact) mass is 372 g/mol. The van der Waals surface area contributed by atoms with Gasteiger partial charge >= 0.3 is 6.09 Å². The van der Waals surface area contributed by atoms with Crippen molar-refractivity contribution >= 4 is 12.3 Å². The fraction of sp³-hybridized carbons (Fsp3) is 0.300. The Morgan fingerprint density at radius 3 is 2.52 bits per heavy atom. The third kappa shape index (κ3) is 6.89. The molecule has 2 aromatic rings. The van der Waals surface area contributed by atoms with E-state index in [1.165, 1.54) is 13.3 Å². The number of hydrogen-bond donors (Lipinski definition) is 1. The third-order valence-corrected chi connectivity index (χ3v) is 3.54. The second-order valence-corrected chi connectivity index (χ2v) is 5.81. The number of amides is 1. The standard InChI is InChI=1S/C20H24N2O5/c1-15(13-26-17-7-5-4-6-8-17)14-27-18-10-9-16(11-19(18)24-2)12-21-22-20(23)25-3/h4-12,15H,13-14H2,1-3H3,(H,22,23)/b21-12+. The number of methoxy groups -OCH3 is 2. The molecule has 0 bridgehead atoms. The predicted molar refractivity (Wildman–Crippen MR) is 103 cm³/mol. The molecule has 1 unspecified atom stereocenters. The number of hydrogen-bond acceptors (Lipinski definition) is 6. The molecule has 2 aromatic carbocycles. The van der Waals surface area contributed by atoms with E-state index >= 15 is 0 Å². The first-order valence-electron chi connectivity index (χ1n) is 8.48. The maximum atomic E-state index is 11.0. The van der Waals surface area contributed by atoms with Gasteiger partial charge in [0.15, 0.2) is 11.5 Å². The molecule has 27 heavy (non-hydrogen) atoms. The van der Waals surface area contributed by atoms with Crippen molar-refractivity contribution in [3.63, 3.8) is 0 Å². The molecule has 0 saturated heterocycles. The molecule has 0 heterocycles. The maximum absolute atomic E-state index is 11.0. The average Bonchev–Trinajstić information content (AvgIpc) is 2.71. The Balaban J connectivity index is 1.87. The van der Waals surface area contributed by atoms with Gasteiger partial charge in [0.2, 0.25) is 0 Å². The minimum atomic E-state index is -0.634. The number of rotatable bonds is 9. The molecule has 0 spiro atoms. The van der Waals surface area contributed by atoms with Crippen molar-refractivity contribution in [3.05, 3.63) is 54.1 Å². The van der Waals surface area contributed by atoms with Gasteiger partial charge < -0.3 is 18.9 Å². The van der Waals surface area contributed by atoms with Gasteiger partial charge in [-0.3, -0.25) is 0 Å². The summed E-state index contributed by atoms with van der Waals surface area (Å²) in [7, 11) is 2.84. The maximum Gasteiger partial charge on any atom is 0.427 e. The van der Waals surface area contributed by atoms with Crippen LogP contribution < -0.4 is 19.6 Å². The number of benzene rings is 2. The van der Waals surface area contributed by atoms with Gasteiger partial charge in [-0.2, -0.15) is 5.10 Å². The van der Waals surface area contributed by atoms with Crippen LogP contribution in [0, 0.1) is 5.92 Å². The Labute approximate surface area is 158 Å². The summed E-state index contributed by atoms with van der Waals surface area (Å²) in [6.45, 7) is 3.09. The Morgan fingerprint density at radius 1 is 1.07 bits per heavy atom. The first-order chi connectivity index (χ1) is 13.1. The van der Waals surface area contributed by atoms with Crippen molar-refractivity contribution in [1.29, 1.82) is 0 Å². The molecule has 1 amide bonds. The van der Waals surface area contributed by atoms with E-state index in [9.17, 15) is 4.79 Å². The summed E-state index contributed by atoms with van der Waals surface area (Å²) in [5, 5.41) is 3.78. The van der Waals surface area contributed by atoms with Crippen molar-refractivity contribution in [2.45, 2.75) is 6.92 Å². The highest BCUT2D eigenvalue weighted by atomic mass is 16.5. The molecule has 0 aromatic heterocycles. The van der Waals surface area contributed by atoms with Crippen LogP contribution in [0.1, 0.15) is 12.5 Å². The lowest BCUT2D eigenvalue weighted by molar-refractivity contribution is 0.171. The van der Waals surface area contributed by atoms with Gasteiger partial charge in [0.1, 0.15) is 5.75 Å². The fourth-order valence-corrected chi connectivity index (χ4v) is 2.12. The highest BCUT2D eigenvalue weighted by molar-refractivity contribution is 5.82. The summed E-state index contributed by atoms with van der Waals surface area (Å²) >= 11 is 0. The molecule has 7 nitrogen and oxygen atoms in total. The molecule has 0 aliphatic heterocycles. The van der Waals surface area contributed by atoms with E-state index in [0.29, 0.717) is 24.7 Å². The number of para-hydroxylation sites is 1. The molecule has 7 heteroatoms. The average molecular weight is 372 g/mol. The van der Waals surface area contributed by atoms with E-state index in [4.69, 9.17) is 14.2 Å². The molecule has 0 aliphatic rings. The lowest BCUT2D eigenvalue weighted by atomic mass is 10.2. The minimum absolute atomic E-state index is 0.195. The molecular formula is C20H24N2O5. The Hall–Kier alpha value is -3.22. The zero-order chi connectivity index (χ0) is 19.5. The van der Waals surface area contributed by atoms with E-state index in [1.807, 2.05) is 36.4 Å². The van der Waals surface area contributed by atoms with Gasteiger partial charge in [-0.1, -0.05) is 25.1 Å². The van der Waals surface area contributed by atoms with Crippen LogP contribution >= 0.6 is 0 Å². The molecule has 2 rings (SSSR count). The van der Waals surface area contributed by atoms with Gasteiger partial charge in [-0.15, -0.1) is 0 Å². The van der Waals surface area contributed by atoms with Gasteiger partial charge in [-0.05, 0) is 35.9 Å². The SMILES string of the molecule is COC(=O)N/N=C/c1ccc(OCC(C)COc2ccccc2)c(OC)c1. The van der Waals surface area contributed by atoms with Crippen molar-refractivity contribution in [3.8, 4) is 17.2 Å². The molecule has 1 atom stereocenters. The highest BCUT2D eigenvalue weighted by Gasteiger charge is 2.09. The number of hydrazone groups is 1. The highest BCUT2D eigenvalue weighted by Crippen LogP contribution is 2.28. The van der Waals surface area contributed by atoms with Crippen LogP contribution in [0.2, 0.25) is 0 Å². The first-order valence-corrected chi connectivity index (χ1v) is 8.48. The Kier molecular flexibility index (Phi) is 7.96. The molecule has 0 aliphatic carbocycles. The summed E-state index contributed by atoms with van der Waals surface area (Å²) < 4.78 is 21.4. The van der Waals surface area contributed by atoms with Gasteiger partial charge in [0.25, 0.3) is 0 Å². The van der Waals surface area contributed by atoms with Crippen LogP contribution in [0.3, 0.4) is 0 Å². The number of carbonyl (C=O) groups is 1. The Morgan fingerprint density at radius 2 is 1.81 bits per heavy atom. The summed E-state index contributed by atoms with van der Waals surface area (Å²) in [4.78, 5) is 11.0. The molecule has 0 saturated carbocycles. The molecule has 1 N–H and O–H groups in total. The second kappa shape index (κ2) is 10.7. The van der Waals surface area contributed by atoms with Crippen molar-refractivity contribution in [2.24, 2.45) is 11.0 Å². The third-order valence-electron chi connectivity index (χ3n) is 3.54. The summed E-state index contributed by atoms with van der Waals surface area (Å²) in [6, 6.07) is 15.0.